The number of amides is 2. The Kier molecular flexibility index (Phi) is 8.82. The van der Waals surface area contributed by atoms with Crippen LogP contribution in [-0.2, 0) is 32.6 Å². The van der Waals surface area contributed by atoms with Crippen LogP contribution >= 0.6 is 0 Å². The molecule has 1 aliphatic carbocycles. The standard InChI is InChI=1S/C32H30F2N2O5S/c33-28-13-12-27(20-29(28)34)42(39,40)35-31(37)14-11-25-10-8-23(21-36-16-3-6-32(36)38)19-30(25)41-17-15-22-7-9-24-4-1-2-5-26(24)18-22/h1-2,4-5,8,10-14,18-20H,3,6-7,9,15-17,21H2,(H,35,37)/b14-11+. The van der Waals surface area contributed by atoms with Gasteiger partial charge in [0.2, 0.25) is 5.91 Å². The largest absolute Gasteiger partial charge is 0.493 e. The van der Waals surface area contributed by atoms with Crippen LogP contribution in [0, 0.1) is 11.6 Å². The van der Waals surface area contributed by atoms with E-state index in [0.29, 0.717) is 56.0 Å². The maximum absolute atomic E-state index is 13.5. The van der Waals surface area contributed by atoms with E-state index in [1.807, 2.05) is 29.0 Å². The summed E-state index contributed by atoms with van der Waals surface area (Å²) in [5, 5.41) is 0. The fourth-order valence-electron chi connectivity index (χ4n) is 5.05. The first kappa shape index (κ1) is 29.2. The number of likely N-dealkylation sites (tertiary alicyclic amines) is 1. The third-order valence-corrected chi connectivity index (χ3v) is 8.63. The molecule has 5 rings (SSSR count). The predicted molar refractivity (Wildman–Crippen MR) is 155 cm³/mol. The quantitative estimate of drug-likeness (QED) is 0.318. The molecule has 0 radical (unpaired) electrons. The van der Waals surface area contributed by atoms with Crippen LogP contribution < -0.4 is 9.46 Å². The van der Waals surface area contributed by atoms with Crippen molar-refractivity contribution in [3.8, 4) is 5.75 Å². The molecule has 2 amide bonds. The lowest BCUT2D eigenvalue weighted by Crippen LogP contribution is -2.29. The van der Waals surface area contributed by atoms with Crippen molar-refractivity contribution in [1.82, 2.24) is 9.62 Å². The third kappa shape index (κ3) is 7.12. The van der Waals surface area contributed by atoms with Crippen LogP contribution in [0.5, 0.6) is 5.75 Å². The minimum Gasteiger partial charge on any atom is -0.493 e. The number of fused-ring (bicyclic) bond motifs is 1. The van der Waals surface area contributed by atoms with Gasteiger partial charge in [0.25, 0.3) is 15.9 Å². The third-order valence-electron chi connectivity index (χ3n) is 7.28. The average molecular weight is 593 g/mol. The van der Waals surface area contributed by atoms with Gasteiger partial charge < -0.3 is 9.64 Å². The lowest BCUT2D eigenvalue weighted by Gasteiger charge is -2.19. The molecule has 10 heteroatoms. The zero-order chi connectivity index (χ0) is 29.7. The second-order valence-corrected chi connectivity index (χ2v) is 12.0. The number of benzene rings is 3. The number of halogens is 2. The van der Waals surface area contributed by atoms with Gasteiger partial charge in [-0.15, -0.1) is 0 Å². The van der Waals surface area contributed by atoms with E-state index in [-0.39, 0.29) is 5.91 Å². The molecule has 0 atom stereocenters. The molecule has 0 aromatic heterocycles. The summed E-state index contributed by atoms with van der Waals surface area (Å²) in [5.41, 5.74) is 5.21. The maximum Gasteiger partial charge on any atom is 0.264 e. The molecular weight excluding hydrogens is 562 g/mol. The van der Waals surface area contributed by atoms with Gasteiger partial charge in [0.15, 0.2) is 11.6 Å². The number of aryl methyl sites for hydroxylation is 1. The highest BCUT2D eigenvalue weighted by Crippen LogP contribution is 2.28. The summed E-state index contributed by atoms with van der Waals surface area (Å²) in [6, 6.07) is 15.7. The van der Waals surface area contributed by atoms with Gasteiger partial charge in [-0.2, -0.15) is 0 Å². The van der Waals surface area contributed by atoms with Crippen molar-refractivity contribution in [3.63, 3.8) is 0 Å². The highest BCUT2D eigenvalue weighted by Gasteiger charge is 2.21. The monoisotopic (exact) mass is 592 g/mol. The Morgan fingerprint density at radius 3 is 2.62 bits per heavy atom. The predicted octanol–water partition coefficient (Wildman–Crippen LogP) is 5.40. The molecule has 1 saturated heterocycles. The van der Waals surface area contributed by atoms with Gasteiger partial charge in [-0.1, -0.05) is 48.0 Å². The number of rotatable bonds is 10. The van der Waals surface area contributed by atoms with Gasteiger partial charge in [-0.05, 0) is 66.3 Å². The number of sulfonamides is 1. The van der Waals surface area contributed by atoms with Crippen molar-refractivity contribution >= 4 is 34.0 Å². The maximum atomic E-state index is 13.5. The average Bonchev–Trinajstić information content (AvgIpc) is 3.37. The van der Waals surface area contributed by atoms with Gasteiger partial charge in [-0.3, -0.25) is 9.59 Å². The smallest absolute Gasteiger partial charge is 0.264 e. The number of carbonyl (C=O) groups is 2. The molecule has 0 saturated carbocycles. The minimum atomic E-state index is -4.42. The van der Waals surface area contributed by atoms with Gasteiger partial charge in [0.05, 0.1) is 11.5 Å². The van der Waals surface area contributed by atoms with E-state index in [4.69, 9.17) is 4.74 Å². The fraction of sp³-hybridized carbons (Fsp3) is 0.250. The minimum absolute atomic E-state index is 0.102. The molecule has 7 nitrogen and oxygen atoms in total. The Labute approximate surface area is 243 Å². The summed E-state index contributed by atoms with van der Waals surface area (Å²) >= 11 is 0. The van der Waals surface area contributed by atoms with Crippen LogP contribution in [0.2, 0.25) is 0 Å². The highest BCUT2D eigenvalue weighted by molar-refractivity contribution is 7.90. The number of hydrogen-bond acceptors (Lipinski definition) is 5. The second-order valence-electron chi connectivity index (χ2n) is 10.3. The van der Waals surface area contributed by atoms with Crippen LogP contribution in [0.1, 0.15) is 47.9 Å². The zero-order valence-electron chi connectivity index (χ0n) is 22.8. The first-order chi connectivity index (χ1) is 20.2. The summed E-state index contributed by atoms with van der Waals surface area (Å²) in [4.78, 5) is 25.8. The Hall–Kier alpha value is -4.31. The van der Waals surface area contributed by atoms with E-state index in [1.54, 1.807) is 11.0 Å². The summed E-state index contributed by atoms with van der Waals surface area (Å²) in [6.45, 7) is 1.52. The molecule has 218 valence electrons. The van der Waals surface area contributed by atoms with E-state index in [9.17, 15) is 26.8 Å². The van der Waals surface area contributed by atoms with E-state index in [1.165, 1.54) is 22.8 Å². The number of nitrogens with one attached hydrogen (secondary N) is 1. The van der Waals surface area contributed by atoms with Gasteiger partial charge >= 0.3 is 0 Å². The molecule has 0 spiro atoms. The Balaban J connectivity index is 1.30. The SMILES string of the molecule is O=C(/C=C/c1ccc(CN2CCCC2=O)cc1OCCC1=Cc2ccccc2CC1)NS(=O)(=O)c1ccc(F)c(F)c1. The van der Waals surface area contributed by atoms with Crippen molar-refractivity contribution < 1.29 is 31.5 Å². The van der Waals surface area contributed by atoms with Crippen molar-refractivity contribution in [2.75, 3.05) is 13.2 Å². The van der Waals surface area contributed by atoms with Gasteiger partial charge in [0, 0.05) is 37.6 Å². The van der Waals surface area contributed by atoms with Crippen molar-refractivity contribution in [2.45, 2.75) is 43.5 Å². The second kappa shape index (κ2) is 12.7. The normalized spacial score (nSPS) is 15.0. The van der Waals surface area contributed by atoms with Gasteiger partial charge in [-0.25, -0.2) is 21.9 Å². The Morgan fingerprint density at radius 1 is 1.00 bits per heavy atom. The molecule has 1 N–H and O–H groups in total. The molecular formula is C32H30F2N2O5S. The van der Waals surface area contributed by atoms with Gasteiger partial charge in [0.1, 0.15) is 5.75 Å². The summed E-state index contributed by atoms with van der Waals surface area (Å²) in [5.74, 6) is -2.92. The zero-order valence-corrected chi connectivity index (χ0v) is 23.6. The summed E-state index contributed by atoms with van der Waals surface area (Å²) < 4.78 is 59.7. The molecule has 1 heterocycles. The molecule has 42 heavy (non-hydrogen) atoms. The highest BCUT2D eigenvalue weighted by atomic mass is 32.2. The molecule has 1 fully saturated rings. The molecule has 0 unspecified atom stereocenters. The molecule has 3 aromatic rings. The summed E-state index contributed by atoms with van der Waals surface area (Å²) in [6.07, 6.45) is 8.62. The number of ether oxygens (including phenoxy) is 1. The van der Waals surface area contributed by atoms with Crippen molar-refractivity contribution in [2.24, 2.45) is 0 Å². The van der Waals surface area contributed by atoms with Crippen LogP contribution in [0.25, 0.3) is 12.2 Å². The van der Waals surface area contributed by atoms with Crippen LogP contribution in [0.15, 0.2) is 77.2 Å². The number of nitrogens with zero attached hydrogens (tertiary/aromatic N) is 1. The number of carbonyl (C=O) groups excluding carboxylic acids is 2. The van der Waals surface area contributed by atoms with E-state index >= 15 is 0 Å². The lowest BCUT2D eigenvalue weighted by molar-refractivity contribution is -0.128. The fourth-order valence-corrected chi connectivity index (χ4v) is 6.00. The summed E-state index contributed by atoms with van der Waals surface area (Å²) in [7, 11) is -4.42. The first-order valence-corrected chi connectivity index (χ1v) is 15.2. The van der Waals surface area contributed by atoms with Crippen LogP contribution in [0.3, 0.4) is 0 Å². The van der Waals surface area contributed by atoms with Crippen LogP contribution in [0.4, 0.5) is 8.78 Å². The Morgan fingerprint density at radius 2 is 1.83 bits per heavy atom. The molecule has 2 aliphatic rings. The Bertz CT molecular complexity index is 1680. The van der Waals surface area contributed by atoms with E-state index in [0.717, 1.165) is 37.0 Å². The molecule has 1 aliphatic heterocycles. The van der Waals surface area contributed by atoms with E-state index < -0.39 is 32.5 Å². The van der Waals surface area contributed by atoms with Crippen molar-refractivity contribution in [1.29, 1.82) is 0 Å². The van der Waals surface area contributed by atoms with Crippen molar-refractivity contribution in [3.05, 3.63) is 106 Å². The first-order valence-electron chi connectivity index (χ1n) is 13.7. The van der Waals surface area contributed by atoms with E-state index in [2.05, 4.69) is 18.2 Å². The topological polar surface area (TPSA) is 92.8 Å². The molecule has 0 bridgehead atoms. The lowest BCUT2D eigenvalue weighted by atomic mass is 9.91. The van der Waals surface area contributed by atoms with Crippen LogP contribution in [-0.4, -0.2) is 38.3 Å². The molecule has 3 aromatic carbocycles. The number of hydrogen-bond donors (Lipinski definition) is 1.